The monoisotopic (exact) mass is 320 g/mol. The van der Waals surface area contributed by atoms with Crippen LogP contribution in [0.3, 0.4) is 0 Å². The Kier molecular flexibility index (Phi) is 4.66. The molecule has 1 unspecified atom stereocenters. The zero-order chi connectivity index (χ0) is 16.4. The molecule has 0 aromatic carbocycles. The molecule has 3 rings (SSSR count). The number of piperidine rings is 1. The minimum absolute atomic E-state index is 0.0777. The van der Waals surface area contributed by atoms with Crippen molar-refractivity contribution in [2.45, 2.75) is 26.3 Å². The number of amides is 2. The maximum atomic E-state index is 12.6. The Morgan fingerprint density at radius 1 is 1.30 bits per heavy atom. The highest BCUT2D eigenvalue weighted by Gasteiger charge is 2.32. The maximum absolute atomic E-state index is 12.6. The molecule has 0 N–H and O–H groups in total. The second-order valence-corrected chi connectivity index (χ2v) is 6.54. The smallest absolute Gasteiger partial charge is 0.226 e. The lowest BCUT2D eigenvalue weighted by molar-refractivity contribution is -0.145. The summed E-state index contributed by atoms with van der Waals surface area (Å²) in [5.41, 5.74) is 0.890. The van der Waals surface area contributed by atoms with Crippen LogP contribution in [0.2, 0.25) is 0 Å². The Morgan fingerprint density at radius 2 is 2.04 bits per heavy atom. The van der Waals surface area contributed by atoms with Gasteiger partial charge in [0.15, 0.2) is 5.76 Å². The first kappa shape index (κ1) is 16.0. The molecule has 0 spiro atoms. The van der Waals surface area contributed by atoms with E-state index in [1.165, 1.54) is 0 Å². The van der Waals surface area contributed by atoms with Gasteiger partial charge in [-0.3, -0.25) is 14.5 Å². The van der Waals surface area contributed by atoms with Gasteiger partial charge >= 0.3 is 0 Å². The Bertz CT molecular complexity index is 578. The van der Waals surface area contributed by atoms with E-state index >= 15 is 0 Å². The third kappa shape index (κ3) is 3.72. The number of nitrogens with zero attached hydrogens (tertiary/aromatic N) is 4. The molecule has 2 fully saturated rings. The van der Waals surface area contributed by atoms with Gasteiger partial charge in [-0.2, -0.15) is 0 Å². The predicted molar refractivity (Wildman–Crippen MR) is 83.5 cm³/mol. The van der Waals surface area contributed by atoms with E-state index in [-0.39, 0.29) is 17.7 Å². The predicted octanol–water partition coefficient (Wildman–Crippen LogP) is 0.496. The topological polar surface area (TPSA) is 69.9 Å². The molecule has 1 atom stereocenters. The number of piperazine rings is 1. The van der Waals surface area contributed by atoms with Crippen molar-refractivity contribution in [1.29, 1.82) is 0 Å². The lowest BCUT2D eigenvalue weighted by Crippen LogP contribution is -2.51. The van der Waals surface area contributed by atoms with E-state index in [4.69, 9.17) is 4.52 Å². The van der Waals surface area contributed by atoms with Gasteiger partial charge in [-0.25, -0.2) is 0 Å². The van der Waals surface area contributed by atoms with Gasteiger partial charge in [0, 0.05) is 58.2 Å². The standard InChI is InChI=1S/C16H24N4O3/c1-12-9-14(23-17-12)11-19-5-7-20(8-6-19)16(22)13-3-4-18(2)15(21)10-13/h9,13H,3-8,10-11H2,1-2H3. The average Bonchev–Trinajstić information content (AvgIpc) is 2.95. The highest BCUT2D eigenvalue weighted by molar-refractivity contribution is 5.87. The quantitative estimate of drug-likeness (QED) is 0.811. The van der Waals surface area contributed by atoms with Crippen LogP contribution in [0.4, 0.5) is 0 Å². The van der Waals surface area contributed by atoms with E-state index in [2.05, 4.69) is 10.1 Å². The zero-order valence-corrected chi connectivity index (χ0v) is 13.8. The van der Waals surface area contributed by atoms with Crippen LogP contribution in [-0.2, 0) is 16.1 Å². The molecule has 23 heavy (non-hydrogen) atoms. The van der Waals surface area contributed by atoms with Crippen LogP contribution >= 0.6 is 0 Å². The van der Waals surface area contributed by atoms with Gasteiger partial charge in [-0.05, 0) is 13.3 Å². The summed E-state index contributed by atoms with van der Waals surface area (Å²) in [7, 11) is 1.80. The summed E-state index contributed by atoms with van der Waals surface area (Å²) in [5.74, 6) is 0.945. The second kappa shape index (κ2) is 6.70. The van der Waals surface area contributed by atoms with Crippen LogP contribution in [0.15, 0.2) is 10.6 Å². The number of hydrogen-bond acceptors (Lipinski definition) is 5. The first-order valence-corrected chi connectivity index (χ1v) is 8.20. The number of carbonyl (C=O) groups excluding carboxylic acids is 2. The van der Waals surface area contributed by atoms with Gasteiger partial charge in [0.25, 0.3) is 0 Å². The van der Waals surface area contributed by atoms with E-state index in [1.807, 2.05) is 17.9 Å². The molecule has 2 saturated heterocycles. The third-order valence-electron chi connectivity index (χ3n) is 4.75. The van der Waals surface area contributed by atoms with Crippen molar-refractivity contribution in [1.82, 2.24) is 19.9 Å². The van der Waals surface area contributed by atoms with Crippen LogP contribution in [-0.4, -0.2) is 71.4 Å². The summed E-state index contributed by atoms with van der Waals surface area (Å²) in [5, 5.41) is 3.90. The molecule has 1 aromatic heterocycles. The van der Waals surface area contributed by atoms with Gasteiger partial charge in [0.1, 0.15) is 0 Å². The summed E-state index contributed by atoms with van der Waals surface area (Å²) < 4.78 is 5.24. The lowest BCUT2D eigenvalue weighted by Gasteiger charge is -2.37. The fraction of sp³-hybridized carbons (Fsp3) is 0.688. The zero-order valence-electron chi connectivity index (χ0n) is 13.8. The molecule has 3 heterocycles. The highest BCUT2D eigenvalue weighted by Crippen LogP contribution is 2.21. The van der Waals surface area contributed by atoms with E-state index in [0.29, 0.717) is 26.1 Å². The fourth-order valence-corrected chi connectivity index (χ4v) is 3.25. The molecule has 7 heteroatoms. The molecular weight excluding hydrogens is 296 g/mol. The van der Waals surface area contributed by atoms with Crippen LogP contribution in [0.25, 0.3) is 0 Å². The van der Waals surface area contributed by atoms with Gasteiger partial charge < -0.3 is 14.3 Å². The molecule has 0 bridgehead atoms. The number of hydrogen-bond donors (Lipinski definition) is 0. The Balaban J connectivity index is 1.48. The SMILES string of the molecule is Cc1cc(CN2CCN(C(=O)C3CCN(C)C(=O)C3)CC2)on1. The van der Waals surface area contributed by atoms with Crippen molar-refractivity contribution >= 4 is 11.8 Å². The summed E-state index contributed by atoms with van der Waals surface area (Å²) in [6.07, 6.45) is 1.13. The number of aromatic nitrogens is 1. The normalized spacial score (nSPS) is 23.4. The van der Waals surface area contributed by atoms with Gasteiger partial charge in [0.05, 0.1) is 12.2 Å². The van der Waals surface area contributed by atoms with Crippen molar-refractivity contribution in [3.05, 3.63) is 17.5 Å². The molecule has 1 aromatic rings. The van der Waals surface area contributed by atoms with E-state index in [9.17, 15) is 9.59 Å². The van der Waals surface area contributed by atoms with Crippen LogP contribution < -0.4 is 0 Å². The largest absolute Gasteiger partial charge is 0.360 e. The molecular formula is C16H24N4O3. The van der Waals surface area contributed by atoms with Gasteiger partial charge in [-0.15, -0.1) is 0 Å². The fourth-order valence-electron chi connectivity index (χ4n) is 3.25. The van der Waals surface area contributed by atoms with Crippen LogP contribution in [0.1, 0.15) is 24.3 Å². The van der Waals surface area contributed by atoms with E-state index in [1.54, 1.807) is 11.9 Å². The summed E-state index contributed by atoms with van der Waals surface area (Å²) in [6.45, 7) is 6.40. The number of aryl methyl sites for hydroxylation is 1. The van der Waals surface area contributed by atoms with Crippen molar-refractivity contribution in [2.75, 3.05) is 39.8 Å². The maximum Gasteiger partial charge on any atom is 0.226 e. The molecule has 0 radical (unpaired) electrons. The lowest BCUT2D eigenvalue weighted by atomic mass is 9.94. The molecule has 2 amide bonds. The minimum Gasteiger partial charge on any atom is -0.360 e. The van der Waals surface area contributed by atoms with Crippen molar-refractivity contribution in [2.24, 2.45) is 5.92 Å². The van der Waals surface area contributed by atoms with Crippen molar-refractivity contribution in [3.8, 4) is 0 Å². The Labute approximate surface area is 136 Å². The highest BCUT2D eigenvalue weighted by atomic mass is 16.5. The number of likely N-dealkylation sites (tertiary alicyclic amines) is 1. The van der Waals surface area contributed by atoms with Gasteiger partial charge in [-0.1, -0.05) is 5.16 Å². The number of rotatable bonds is 3. The average molecular weight is 320 g/mol. The van der Waals surface area contributed by atoms with E-state index < -0.39 is 0 Å². The third-order valence-corrected chi connectivity index (χ3v) is 4.75. The molecule has 126 valence electrons. The molecule has 0 aliphatic carbocycles. The summed E-state index contributed by atoms with van der Waals surface area (Å²) in [6, 6.07) is 1.95. The van der Waals surface area contributed by atoms with Crippen LogP contribution in [0, 0.1) is 12.8 Å². The number of carbonyl (C=O) groups is 2. The van der Waals surface area contributed by atoms with Crippen molar-refractivity contribution in [3.63, 3.8) is 0 Å². The van der Waals surface area contributed by atoms with Gasteiger partial charge in [0.2, 0.25) is 11.8 Å². The van der Waals surface area contributed by atoms with Crippen molar-refractivity contribution < 1.29 is 14.1 Å². The molecule has 2 aliphatic rings. The summed E-state index contributed by atoms with van der Waals surface area (Å²) in [4.78, 5) is 30.2. The Morgan fingerprint density at radius 3 is 2.65 bits per heavy atom. The molecule has 7 nitrogen and oxygen atoms in total. The first-order valence-electron chi connectivity index (χ1n) is 8.20. The van der Waals surface area contributed by atoms with E-state index in [0.717, 1.165) is 37.5 Å². The second-order valence-electron chi connectivity index (χ2n) is 6.54. The Hall–Kier alpha value is -1.89. The molecule has 2 aliphatic heterocycles. The summed E-state index contributed by atoms with van der Waals surface area (Å²) >= 11 is 0. The molecule has 0 saturated carbocycles. The first-order chi connectivity index (χ1) is 11.0. The van der Waals surface area contributed by atoms with Crippen LogP contribution in [0.5, 0.6) is 0 Å². The minimum atomic E-state index is -0.137.